The van der Waals surface area contributed by atoms with Gasteiger partial charge in [-0.25, -0.2) is 4.79 Å². The number of hydrogen-bond acceptors (Lipinski definition) is 3. The summed E-state index contributed by atoms with van der Waals surface area (Å²) in [5.41, 5.74) is 3.22. The minimum absolute atomic E-state index is 0.120. The highest BCUT2D eigenvalue weighted by atomic mass is 32.2. The third-order valence-electron chi connectivity index (χ3n) is 4.21. The molecule has 1 aliphatic rings. The van der Waals surface area contributed by atoms with E-state index in [4.69, 9.17) is 4.74 Å². The van der Waals surface area contributed by atoms with Crippen molar-refractivity contribution in [3.8, 4) is 0 Å². The van der Waals surface area contributed by atoms with Crippen LogP contribution in [0.15, 0.2) is 35.9 Å². The maximum atomic E-state index is 12.1. The highest BCUT2D eigenvalue weighted by Crippen LogP contribution is 2.29. The first-order valence-electron chi connectivity index (χ1n) is 8.85. The van der Waals surface area contributed by atoms with Gasteiger partial charge in [0.05, 0.1) is 12.2 Å². The van der Waals surface area contributed by atoms with Crippen LogP contribution in [0.25, 0.3) is 5.57 Å². The monoisotopic (exact) mass is 332 g/mol. The van der Waals surface area contributed by atoms with Crippen LogP contribution in [0.1, 0.15) is 57.4 Å². The number of ether oxygens (including phenoxy) is 1. The van der Waals surface area contributed by atoms with Gasteiger partial charge in [0.15, 0.2) is 0 Å². The molecule has 0 saturated carbocycles. The summed E-state index contributed by atoms with van der Waals surface area (Å²) in [4.78, 5) is 12.1. The van der Waals surface area contributed by atoms with Crippen molar-refractivity contribution >= 4 is 23.3 Å². The van der Waals surface area contributed by atoms with Gasteiger partial charge in [-0.1, -0.05) is 69.4 Å². The van der Waals surface area contributed by atoms with Gasteiger partial charge in [-0.05, 0) is 23.3 Å². The lowest BCUT2D eigenvalue weighted by atomic mass is 9.96. The normalized spacial score (nSPS) is 14.9. The Morgan fingerprint density at radius 2 is 1.78 bits per heavy atom. The Bertz CT molecular complexity index is 508. The first kappa shape index (κ1) is 18.1. The molecule has 23 heavy (non-hydrogen) atoms. The summed E-state index contributed by atoms with van der Waals surface area (Å²) in [6, 6.07) is 10.3. The van der Waals surface area contributed by atoms with Gasteiger partial charge in [0.25, 0.3) is 0 Å². The SMILES string of the molecule is CCCCCCCCSCC1=C(c2ccccc2)CCOC1=O. The molecule has 1 aromatic carbocycles. The first-order chi connectivity index (χ1) is 11.3. The van der Waals surface area contributed by atoms with Gasteiger partial charge in [0.1, 0.15) is 0 Å². The number of carbonyl (C=O) groups excluding carboxylic acids is 1. The second kappa shape index (κ2) is 10.5. The van der Waals surface area contributed by atoms with Crippen molar-refractivity contribution in [2.75, 3.05) is 18.1 Å². The van der Waals surface area contributed by atoms with E-state index in [9.17, 15) is 4.79 Å². The van der Waals surface area contributed by atoms with Gasteiger partial charge in [0.2, 0.25) is 0 Å². The lowest BCUT2D eigenvalue weighted by Crippen LogP contribution is -2.19. The molecule has 0 aliphatic carbocycles. The van der Waals surface area contributed by atoms with E-state index in [-0.39, 0.29) is 5.97 Å². The molecular formula is C20H28O2S. The van der Waals surface area contributed by atoms with Gasteiger partial charge >= 0.3 is 5.97 Å². The van der Waals surface area contributed by atoms with Gasteiger partial charge in [-0.15, -0.1) is 0 Å². The average Bonchev–Trinajstić information content (AvgIpc) is 2.59. The van der Waals surface area contributed by atoms with Crippen LogP contribution in [0.3, 0.4) is 0 Å². The van der Waals surface area contributed by atoms with E-state index in [1.807, 2.05) is 30.0 Å². The van der Waals surface area contributed by atoms with E-state index in [1.54, 1.807) is 0 Å². The molecule has 0 bridgehead atoms. The molecule has 0 N–H and O–H groups in total. The molecule has 0 radical (unpaired) electrons. The Labute approximate surface area is 144 Å². The Balaban J connectivity index is 1.83. The number of unbranched alkanes of at least 4 members (excludes halogenated alkanes) is 5. The van der Waals surface area contributed by atoms with Crippen molar-refractivity contribution < 1.29 is 9.53 Å². The fraction of sp³-hybridized carbons (Fsp3) is 0.550. The van der Waals surface area contributed by atoms with Crippen molar-refractivity contribution in [1.29, 1.82) is 0 Å². The molecule has 0 saturated heterocycles. The summed E-state index contributed by atoms with van der Waals surface area (Å²) in [5, 5.41) is 0. The van der Waals surface area contributed by atoms with Crippen LogP contribution in [-0.2, 0) is 9.53 Å². The molecule has 3 heteroatoms. The molecule has 0 amide bonds. The van der Waals surface area contributed by atoms with Crippen molar-refractivity contribution in [3.63, 3.8) is 0 Å². The van der Waals surface area contributed by atoms with Crippen LogP contribution in [0.5, 0.6) is 0 Å². The van der Waals surface area contributed by atoms with Crippen LogP contribution in [0, 0.1) is 0 Å². The molecular weight excluding hydrogens is 304 g/mol. The van der Waals surface area contributed by atoms with Crippen LogP contribution < -0.4 is 0 Å². The predicted octanol–water partition coefficient (Wildman–Crippen LogP) is 5.48. The van der Waals surface area contributed by atoms with E-state index in [2.05, 4.69) is 19.1 Å². The summed E-state index contributed by atoms with van der Waals surface area (Å²) < 4.78 is 5.25. The highest BCUT2D eigenvalue weighted by Gasteiger charge is 2.22. The molecule has 2 rings (SSSR count). The highest BCUT2D eigenvalue weighted by molar-refractivity contribution is 7.99. The van der Waals surface area contributed by atoms with Crippen molar-refractivity contribution in [3.05, 3.63) is 41.5 Å². The Hall–Kier alpha value is -1.22. The maximum absolute atomic E-state index is 12.1. The number of carbonyl (C=O) groups is 1. The van der Waals surface area contributed by atoms with Gasteiger partial charge in [-0.3, -0.25) is 0 Å². The fourth-order valence-corrected chi connectivity index (χ4v) is 3.92. The third kappa shape index (κ3) is 6.06. The summed E-state index contributed by atoms with van der Waals surface area (Å²) in [7, 11) is 0. The molecule has 1 aliphatic heterocycles. The number of rotatable bonds is 10. The van der Waals surface area contributed by atoms with Crippen molar-refractivity contribution in [2.45, 2.75) is 51.9 Å². The van der Waals surface area contributed by atoms with Crippen molar-refractivity contribution in [1.82, 2.24) is 0 Å². The molecule has 0 atom stereocenters. The minimum atomic E-state index is -0.120. The zero-order chi connectivity index (χ0) is 16.3. The molecule has 0 aromatic heterocycles. The second-order valence-corrected chi connectivity index (χ2v) is 7.13. The predicted molar refractivity (Wildman–Crippen MR) is 99.6 cm³/mol. The van der Waals surface area contributed by atoms with Gasteiger partial charge in [-0.2, -0.15) is 11.8 Å². The summed E-state index contributed by atoms with van der Waals surface area (Å²) in [5.74, 6) is 1.79. The molecule has 126 valence electrons. The van der Waals surface area contributed by atoms with E-state index in [0.717, 1.165) is 23.5 Å². The Morgan fingerprint density at radius 1 is 1.04 bits per heavy atom. The molecule has 2 nitrogen and oxygen atoms in total. The van der Waals surface area contributed by atoms with Crippen LogP contribution in [0.2, 0.25) is 0 Å². The summed E-state index contributed by atoms with van der Waals surface area (Å²) >= 11 is 1.87. The number of cyclic esters (lactones) is 1. The number of thioether (sulfide) groups is 1. The second-order valence-electron chi connectivity index (χ2n) is 6.03. The topological polar surface area (TPSA) is 26.3 Å². The third-order valence-corrected chi connectivity index (χ3v) is 5.28. The smallest absolute Gasteiger partial charge is 0.335 e. The van der Waals surface area contributed by atoms with Crippen molar-refractivity contribution in [2.24, 2.45) is 0 Å². The van der Waals surface area contributed by atoms with Gasteiger partial charge in [0, 0.05) is 12.2 Å². The zero-order valence-electron chi connectivity index (χ0n) is 14.2. The average molecular weight is 333 g/mol. The van der Waals surface area contributed by atoms with Crippen LogP contribution in [0.4, 0.5) is 0 Å². The lowest BCUT2D eigenvalue weighted by molar-refractivity contribution is -0.139. The summed E-state index contributed by atoms with van der Waals surface area (Å²) in [6.45, 7) is 2.76. The van der Waals surface area contributed by atoms with Gasteiger partial charge < -0.3 is 4.74 Å². The molecule has 0 fully saturated rings. The number of benzene rings is 1. The fourth-order valence-electron chi connectivity index (χ4n) is 2.87. The minimum Gasteiger partial charge on any atom is -0.462 e. The molecule has 1 aromatic rings. The summed E-state index contributed by atoms with van der Waals surface area (Å²) in [6.07, 6.45) is 8.74. The van der Waals surface area contributed by atoms with E-state index in [0.29, 0.717) is 6.61 Å². The molecule has 0 unspecified atom stereocenters. The largest absolute Gasteiger partial charge is 0.462 e. The van der Waals surface area contributed by atoms with Crippen LogP contribution in [-0.4, -0.2) is 24.1 Å². The Morgan fingerprint density at radius 3 is 2.57 bits per heavy atom. The number of hydrogen-bond donors (Lipinski definition) is 0. The Kier molecular flexibility index (Phi) is 8.30. The van der Waals surface area contributed by atoms with E-state index >= 15 is 0 Å². The van der Waals surface area contributed by atoms with Crippen LogP contribution >= 0.6 is 11.8 Å². The molecule has 1 heterocycles. The quantitative estimate of drug-likeness (QED) is 0.419. The first-order valence-corrected chi connectivity index (χ1v) is 10.0. The standard InChI is InChI=1S/C20H28O2S/c1-2-3-4-5-6-10-15-23-16-19-18(13-14-22-20(19)21)17-11-8-7-9-12-17/h7-9,11-12H,2-6,10,13-16H2,1H3. The zero-order valence-corrected chi connectivity index (χ0v) is 15.0. The maximum Gasteiger partial charge on any atom is 0.335 e. The number of esters is 1. The lowest BCUT2D eigenvalue weighted by Gasteiger charge is -2.20. The van der Waals surface area contributed by atoms with E-state index < -0.39 is 0 Å². The van der Waals surface area contributed by atoms with E-state index in [1.165, 1.54) is 49.7 Å². The molecule has 0 spiro atoms.